The number of carbonyl (C=O) groups is 2. The number of nitrogens with zero attached hydrogens (tertiary/aromatic N) is 1. The molecule has 90 heavy (non-hydrogen) atoms. The molecule has 0 aliphatic rings. The Hall–Kier alpha value is -2.81. The molecule has 3 atom stereocenters. The Balaban J connectivity index is 4.97. The number of phosphoric acid groups is 1. The van der Waals surface area contributed by atoms with Crippen LogP contribution in [0.15, 0.2) is 85.1 Å². The molecule has 0 aromatic rings. The van der Waals surface area contributed by atoms with E-state index in [1.807, 2.05) is 33.3 Å². The van der Waals surface area contributed by atoms with Crippen LogP contribution in [0.5, 0.6) is 0 Å². The maximum absolute atomic E-state index is 13.6. The summed E-state index contributed by atoms with van der Waals surface area (Å²) in [5.41, 5.74) is 0. The van der Waals surface area contributed by atoms with Crippen LogP contribution in [0.4, 0.5) is 0 Å². The zero-order valence-electron chi connectivity index (χ0n) is 60.1. The van der Waals surface area contributed by atoms with E-state index in [4.69, 9.17) is 13.8 Å². The number of phosphoric ester groups is 1. The molecule has 0 saturated carbocycles. The molecule has 0 aliphatic heterocycles. The van der Waals surface area contributed by atoms with Gasteiger partial charge >= 0.3 is 13.8 Å². The summed E-state index contributed by atoms with van der Waals surface area (Å²) < 4.78 is 30.9. The summed E-state index contributed by atoms with van der Waals surface area (Å²) in [7, 11) is 1.50. The van der Waals surface area contributed by atoms with Crippen LogP contribution in [-0.2, 0) is 27.9 Å². The van der Waals surface area contributed by atoms with Gasteiger partial charge in [0.05, 0.1) is 33.8 Å². The number of amides is 1. The number of hydrogen-bond donors (Lipinski definition) is 2. The van der Waals surface area contributed by atoms with Gasteiger partial charge in [-0.15, -0.1) is 0 Å². The highest BCUT2D eigenvalue weighted by Crippen LogP contribution is 2.43. The maximum atomic E-state index is 13.6. The molecule has 0 rings (SSSR count). The first-order valence-corrected chi connectivity index (χ1v) is 39.9. The standard InChI is InChI=1S/C80H147N2O7P/c1-7-10-13-16-19-22-25-28-30-32-34-36-38-40-41-43-45-47-49-51-53-55-58-61-64-67-70-73-80(84)89-78(71-68-65-62-59-56-27-24-21-18-15-12-9-3)77(76-88-90(85,86)87-75-74-82(4,5)6)81-79(83)72-69-66-63-60-57-54-52-50-48-46-44-42-39-37-35-33-31-29-26-23-20-17-14-11-8-2/h11,14,20,23,28-31,35,37,42,44,68,71,77-78H,7-10,12-13,15-19,21-22,24-27,32-34,36,38-41,43,45-67,69-70,72-76H2,1-6H3,(H-,81,83,85,86)/p+1/b14-11-,23-20-,30-28+,31-29-,37-35-,44-42-,71-68+. The number of quaternary nitrogens is 1. The van der Waals surface area contributed by atoms with Crippen molar-refractivity contribution in [3.05, 3.63) is 85.1 Å². The van der Waals surface area contributed by atoms with E-state index in [-0.39, 0.29) is 25.1 Å². The van der Waals surface area contributed by atoms with Crippen LogP contribution in [0.1, 0.15) is 361 Å². The average Bonchev–Trinajstić information content (AvgIpc) is 3.11. The number of unbranched alkanes of at least 4 members (excludes halogenated alkanes) is 42. The van der Waals surface area contributed by atoms with Crippen LogP contribution in [0.2, 0.25) is 0 Å². The lowest BCUT2D eigenvalue weighted by Crippen LogP contribution is -2.47. The van der Waals surface area contributed by atoms with Crippen molar-refractivity contribution in [3.8, 4) is 0 Å². The molecule has 0 radical (unpaired) electrons. The van der Waals surface area contributed by atoms with Crippen LogP contribution in [0, 0.1) is 0 Å². The van der Waals surface area contributed by atoms with Gasteiger partial charge in [0.1, 0.15) is 19.3 Å². The van der Waals surface area contributed by atoms with Crippen LogP contribution in [0.25, 0.3) is 0 Å². The first kappa shape index (κ1) is 87.2. The number of likely N-dealkylation sites (N-methyl/N-ethyl adjacent to an activating group) is 1. The number of esters is 1. The molecule has 0 fully saturated rings. The Labute approximate surface area is 558 Å². The molecule has 9 nitrogen and oxygen atoms in total. The minimum atomic E-state index is -4.46. The fourth-order valence-corrected chi connectivity index (χ4v) is 11.9. The number of hydrogen-bond acceptors (Lipinski definition) is 6. The predicted molar refractivity (Wildman–Crippen MR) is 392 cm³/mol. The first-order valence-electron chi connectivity index (χ1n) is 38.4. The Morgan fingerprint density at radius 2 is 0.711 bits per heavy atom. The number of ether oxygens (including phenoxy) is 1. The van der Waals surface area contributed by atoms with Crippen molar-refractivity contribution in [2.75, 3.05) is 40.9 Å². The van der Waals surface area contributed by atoms with E-state index in [1.54, 1.807) is 0 Å². The molecular weight excluding hydrogens is 1130 g/mol. The lowest BCUT2D eigenvalue weighted by molar-refractivity contribution is -0.870. The zero-order chi connectivity index (χ0) is 65.6. The molecule has 0 saturated heterocycles. The average molecular weight is 1280 g/mol. The van der Waals surface area contributed by atoms with E-state index in [0.29, 0.717) is 23.9 Å². The van der Waals surface area contributed by atoms with Gasteiger partial charge in [0, 0.05) is 12.8 Å². The summed E-state index contributed by atoms with van der Waals surface area (Å²) in [6.45, 7) is 6.93. The minimum Gasteiger partial charge on any atom is -0.456 e. The molecule has 3 unspecified atom stereocenters. The third-order valence-corrected chi connectivity index (χ3v) is 18.1. The summed E-state index contributed by atoms with van der Waals surface area (Å²) in [5, 5.41) is 3.08. The van der Waals surface area contributed by atoms with Gasteiger partial charge in [0.2, 0.25) is 5.91 Å². The van der Waals surface area contributed by atoms with Crippen LogP contribution < -0.4 is 5.32 Å². The number of allylic oxidation sites excluding steroid dienone is 13. The number of carbonyl (C=O) groups excluding carboxylic acids is 2. The van der Waals surface area contributed by atoms with E-state index in [1.165, 1.54) is 225 Å². The molecule has 0 aromatic heterocycles. The largest absolute Gasteiger partial charge is 0.472 e. The van der Waals surface area contributed by atoms with E-state index in [0.717, 1.165) is 103 Å². The summed E-state index contributed by atoms with van der Waals surface area (Å²) in [5.74, 6) is -0.500. The third kappa shape index (κ3) is 69.5. The van der Waals surface area contributed by atoms with Crippen molar-refractivity contribution in [1.29, 1.82) is 0 Å². The molecule has 0 aliphatic carbocycles. The van der Waals surface area contributed by atoms with Crippen molar-refractivity contribution in [2.24, 2.45) is 0 Å². The second kappa shape index (κ2) is 69.0. The van der Waals surface area contributed by atoms with E-state index in [2.05, 4.69) is 99.0 Å². The Morgan fingerprint density at radius 1 is 0.400 bits per heavy atom. The van der Waals surface area contributed by atoms with Crippen molar-refractivity contribution >= 4 is 19.7 Å². The normalized spacial score (nSPS) is 13.9. The van der Waals surface area contributed by atoms with Crippen molar-refractivity contribution in [2.45, 2.75) is 373 Å². The maximum Gasteiger partial charge on any atom is 0.472 e. The molecule has 524 valence electrons. The molecule has 0 spiro atoms. The predicted octanol–water partition coefficient (Wildman–Crippen LogP) is 24.9. The van der Waals surface area contributed by atoms with Gasteiger partial charge in [0.25, 0.3) is 0 Å². The van der Waals surface area contributed by atoms with Crippen LogP contribution >= 0.6 is 7.82 Å². The topological polar surface area (TPSA) is 111 Å². The van der Waals surface area contributed by atoms with Gasteiger partial charge in [-0.1, -0.05) is 331 Å². The lowest BCUT2D eigenvalue weighted by Gasteiger charge is -2.27. The monoisotopic (exact) mass is 1280 g/mol. The van der Waals surface area contributed by atoms with E-state index in [9.17, 15) is 19.0 Å². The second-order valence-electron chi connectivity index (χ2n) is 27.1. The fourth-order valence-electron chi connectivity index (χ4n) is 11.2. The molecular formula is C80H148N2O7P+. The summed E-state index contributed by atoms with van der Waals surface area (Å²) in [6, 6.07) is -0.856. The quantitative estimate of drug-likeness (QED) is 0.0205. The Morgan fingerprint density at radius 3 is 1.08 bits per heavy atom. The Bertz CT molecular complexity index is 1810. The van der Waals surface area contributed by atoms with Crippen molar-refractivity contribution < 1.29 is 37.3 Å². The second-order valence-corrected chi connectivity index (χ2v) is 28.6. The van der Waals surface area contributed by atoms with Crippen molar-refractivity contribution in [3.63, 3.8) is 0 Å². The molecule has 2 N–H and O–H groups in total. The van der Waals surface area contributed by atoms with Crippen LogP contribution in [-0.4, -0.2) is 74.3 Å². The summed E-state index contributed by atoms with van der Waals surface area (Å²) >= 11 is 0. The molecule has 0 aromatic carbocycles. The zero-order valence-corrected chi connectivity index (χ0v) is 61.0. The number of rotatable bonds is 70. The van der Waals surface area contributed by atoms with Gasteiger partial charge in [-0.3, -0.25) is 18.6 Å². The highest BCUT2D eigenvalue weighted by Gasteiger charge is 2.30. The summed E-state index contributed by atoms with van der Waals surface area (Å²) in [4.78, 5) is 38.0. The van der Waals surface area contributed by atoms with Gasteiger partial charge in [-0.25, -0.2) is 4.57 Å². The highest BCUT2D eigenvalue weighted by molar-refractivity contribution is 7.47. The highest BCUT2D eigenvalue weighted by atomic mass is 31.2. The van der Waals surface area contributed by atoms with E-state index >= 15 is 0 Å². The van der Waals surface area contributed by atoms with Gasteiger partial charge in [0.15, 0.2) is 0 Å². The van der Waals surface area contributed by atoms with Gasteiger partial charge in [-0.05, 0) is 102 Å². The van der Waals surface area contributed by atoms with E-state index < -0.39 is 20.0 Å². The lowest BCUT2D eigenvalue weighted by atomic mass is 10.0. The molecule has 10 heteroatoms. The van der Waals surface area contributed by atoms with Crippen LogP contribution in [0.3, 0.4) is 0 Å². The smallest absolute Gasteiger partial charge is 0.456 e. The molecule has 0 heterocycles. The van der Waals surface area contributed by atoms with Gasteiger partial charge < -0.3 is 19.4 Å². The summed E-state index contributed by atoms with van der Waals surface area (Å²) in [6.07, 6.45) is 93.3. The van der Waals surface area contributed by atoms with Gasteiger partial charge in [-0.2, -0.15) is 0 Å². The number of nitrogens with one attached hydrogen (secondary N) is 1. The first-order chi connectivity index (χ1) is 43.9. The Kier molecular flexibility index (Phi) is 66.9. The molecule has 1 amide bonds. The SMILES string of the molecule is CC/C=C\C/C=C\C/C=C\C/C=C\C/C=C\CCCCCCCCCCCC(=O)NC(COP(=O)(O)OCC[N+](C)(C)C)C(/C=C/CCCCCCCCCCCC)OC(=O)CCCCCCCCCCCCCCCCCCC/C=C/CCCCCCCC. The minimum absolute atomic E-state index is 0.0375. The third-order valence-electron chi connectivity index (χ3n) is 17.1. The van der Waals surface area contributed by atoms with Crippen molar-refractivity contribution in [1.82, 2.24) is 5.32 Å². The molecule has 0 bridgehead atoms. The fraction of sp³-hybridized carbons (Fsp3) is 0.800.